The van der Waals surface area contributed by atoms with E-state index >= 15 is 0 Å². The summed E-state index contributed by atoms with van der Waals surface area (Å²) in [6, 6.07) is -1.45. The molecule has 0 aliphatic heterocycles. The van der Waals surface area contributed by atoms with Crippen molar-refractivity contribution in [3.05, 3.63) is 23.8 Å². The van der Waals surface area contributed by atoms with Gasteiger partial charge in [-0.3, -0.25) is 9.97 Å². The average molecular weight is 266 g/mol. The minimum Gasteiger partial charge on any atom is -0.480 e. The van der Waals surface area contributed by atoms with E-state index in [1.54, 1.807) is 26.2 Å². The number of aliphatic carboxylic acids is 1. The van der Waals surface area contributed by atoms with E-state index in [2.05, 4.69) is 20.6 Å². The van der Waals surface area contributed by atoms with Crippen molar-refractivity contribution < 1.29 is 14.7 Å². The van der Waals surface area contributed by atoms with E-state index in [9.17, 15) is 9.59 Å². The second kappa shape index (κ2) is 6.67. The molecule has 2 amide bonds. The molecular weight excluding hydrogens is 248 g/mol. The fourth-order valence-electron chi connectivity index (χ4n) is 1.39. The second-order valence-corrected chi connectivity index (χ2v) is 4.54. The maximum atomic E-state index is 11.6. The quantitative estimate of drug-likeness (QED) is 0.727. The highest BCUT2D eigenvalue weighted by Crippen LogP contribution is 2.01. The van der Waals surface area contributed by atoms with Crippen LogP contribution in [0.1, 0.15) is 25.2 Å². The molecule has 0 unspecified atom stereocenters. The van der Waals surface area contributed by atoms with Gasteiger partial charge in [-0.2, -0.15) is 0 Å². The van der Waals surface area contributed by atoms with Gasteiger partial charge in [0.2, 0.25) is 0 Å². The van der Waals surface area contributed by atoms with E-state index in [-0.39, 0.29) is 12.5 Å². The van der Waals surface area contributed by atoms with E-state index in [4.69, 9.17) is 5.11 Å². The molecule has 0 saturated heterocycles. The van der Waals surface area contributed by atoms with Gasteiger partial charge in [0.25, 0.3) is 0 Å². The highest BCUT2D eigenvalue weighted by atomic mass is 16.4. The lowest BCUT2D eigenvalue weighted by atomic mass is 10.1. The molecule has 1 rings (SSSR count). The number of carbonyl (C=O) groups excluding carboxylic acids is 1. The Balaban J connectivity index is 2.47. The van der Waals surface area contributed by atoms with Crippen LogP contribution in [0, 0.1) is 12.8 Å². The zero-order valence-electron chi connectivity index (χ0n) is 11.2. The van der Waals surface area contributed by atoms with Crippen LogP contribution in [0.5, 0.6) is 0 Å². The van der Waals surface area contributed by atoms with Crippen molar-refractivity contribution in [2.75, 3.05) is 0 Å². The van der Waals surface area contributed by atoms with Crippen molar-refractivity contribution in [3.8, 4) is 0 Å². The van der Waals surface area contributed by atoms with Gasteiger partial charge >= 0.3 is 12.0 Å². The van der Waals surface area contributed by atoms with E-state index in [1.807, 2.05) is 6.92 Å². The van der Waals surface area contributed by atoms with Gasteiger partial charge in [-0.05, 0) is 12.8 Å². The fraction of sp³-hybridized carbons (Fsp3) is 0.500. The third-order valence-electron chi connectivity index (χ3n) is 2.48. The number of aromatic nitrogens is 2. The molecule has 0 aliphatic carbocycles. The lowest BCUT2D eigenvalue weighted by Crippen LogP contribution is -2.48. The second-order valence-electron chi connectivity index (χ2n) is 4.54. The average Bonchev–Trinajstić information content (AvgIpc) is 2.34. The summed E-state index contributed by atoms with van der Waals surface area (Å²) in [5.74, 6) is -1.25. The number of carboxylic acid groups (broad SMARTS) is 1. The van der Waals surface area contributed by atoms with Crippen molar-refractivity contribution >= 4 is 12.0 Å². The highest BCUT2D eigenvalue weighted by molar-refractivity contribution is 5.82. The molecule has 104 valence electrons. The summed E-state index contributed by atoms with van der Waals surface area (Å²) in [6.07, 6.45) is 3.16. The molecule has 0 fully saturated rings. The minimum absolute atomic E-state index is 0.192. The Bertz CT molecular complexity index is 445. The van der Waals surface area contributed by atoms with Crippen LogP contribution in [0.3, 0.4) is 0 Å². The molecule has 0 aliphatic rings. The fourth-order valence-corrected chi connectivity index (χ4v) is 1.39. The largest absolute Gasteiger partial charge is 0.480 e. The Kier molecular flexibility index (Phi) is 5.23. The first-order chi connectivity index (χ1) is 8.90. The number of carboxylic acids is 1. The molecule has 1 atom stereocenters. The van der Waals surface area contributed by atoms with Crippen LogP contribution in [-0.4, -0.2) is 33.1 Å². The number of carbonyl (C=O) groups is 2. The van der Waals surface area contributed by atoms with Gasteiger partial charge in [0.05, 0.1) is 24.1 Å². The zero-order chi connectivity index (χ0) is 14.4. The molecule has 7 heteroatoms. The number of rotatable bonds is 5. The number of hydrogen-bond acceptors (Lipinski definition) is 4. The van der Waals surface area contributed by atoms with Crippen molar-refractivity contribution in [2.45, 2.75) is 33.4 Å². The summed E-state index contributed by atoms with van der Waals surface area (Å²) in [5.41, 5.74) is 1.40. The van der Waals surface area contributed by atoms with Crippen LogP contribution in [0.25, 0.3) is 0 Å². The molecule has 1 aromatic rings. The summed E-state index contributed by atoms with van der Waals surface area (Å²) >= 11 is 0. The zero-order valence-corrected chi connectivity index (χ0v) is 11.2. The molecule has 0 radical (unpaired) electrons. The summed E-state index contributed by atoms with van der Waals surface area (Å²) < 4.78 is 0. The number of urea groups is 1. The number of amides is 2. The summed E-state index contributed by atoms with van der Waals surface area (Å²) in [6.45, 7) is 5.47. The van der Waals surface area contributed by atoms with Crippen LogP contribution in [0.15, 0.2) is 12.4 Å². The SMILES string of the molecule is Cc1cnc(CNC(=O)N[C@@H](C(=O)O)C(C)C)cn1. The van der Waals surface area contributed by atoms with E-state index in [1.165, 1.54) is 0 Å². The van der Waals surface area contributed by atoms with E-state index in [0.717, 1.165) is 5.69 Å². The normalized spacial score (nSPS) is 12.0. The van der Waals surface area contributed by atoms with Gasteiger partial charge in [0.1, 0.15) is 6.04 Å². The first-order valence-electron chi connectivity index (χ1n) is 5.95. The number of nitrogens with one attached hydrogen (secondary N) is 2. The lowest BCUT2D eigenvalue weighted by molar-refractivity contribution is -0.140. The van der Waals surface area contributed by atoms with Crippen LogP contribution >= 0.6 is 0 Å². The number of nitrogens with zero attached hydrogens (tertiary/aromatic N) is 2. The van der Waals surface area contributed by atoms with Gasteiger partial charge in [-0.15, -0.1) is 0 Å². The number of hydrogen-bond donors (Lipinski definition) is 3. The topological polar surface area (TPSA) is 104 Å². The van der Waals surface area contributed by atoms with Crippen molar-refractivity contribution in [2.24, 2.45) is 5.92 Å². The lowest BCUT2D eigenvalue weighted by Gasteiger charge is -2.18. The Labute approximate surface area is 111 Å². The van der Waals surface area contributed by atoms with E-state index in [0.29, 0.717) is 5.69 Å². The smallest absolute Gasteiger partial charge is 0.326 e. The van der Waals surface area contributed by atoms with Gasteiger partial charge < -0.3 is 15.7 Å². The summed E-state index contributed by atoms with van der Waals surface area (Å²) in [5, 5.41) is 13.9. The van der Waals surface area contributed by atoms with Crippen LogP contribution in [0.2, 0.25) is 0 Å². The Morgan fingerprint density at radius 1 is 1.32 bits per heavy atom. The molecule has 7 nitrogen and oxygen atoms in total. The predicted molar refractivity (Wildman–Crippen MR) is 68.4 cm³/mol. The van der Waals surface area contributed by atoms with Crippen LogP contribution in [-0.2, 0) is 11.3 Å². The Morgan fingerprint density at radius 2 is 2.00 bits per heavy atom. The number of aryl methyl sites for hydroxylation is 1. The Morgan fingerprint density at radius 3 is 2.47 bits per heavy atom. The van der Waals surface area contributed by atoms with Gasteiger partial charge in [0, 0.05) is 6.20 Å². The minimum atomic E-state index is -1.06. The standard InChI is InChI=1S/C12H18N4O3/c1-7(2)10(11(17)18)16-12(19)15-6-9-5-13-8(3)4-14-9/h4-5,7,10H,6H2,1-3H3,(H,17,18)(H2,15,16,19)/t10-/m1/s1. The van der Waals surface area contributed by atoms with Crippen LogP contribution in [0.4, 0.5) is 4.79 Å². The third-order valence-corrected chi connectivity index (χ3v) is 2.48. The third kappa shape index (κ3) is 4.90. The predicted octanol–water partition coefficient (Wildman–Crippen LogP) is 0.693. The monoisotopic (exact) mass is 266 g/mol. The summed E-state index contributed by atoms with van der Waals surface area (Å²) in [4.78, 5) is 30.6. The molecule has 3 N–H and O–H groups in total. The van der Waals surface area contributed by atoms with Gasteiger partial charge in [0.15, 0.2) is 0 Å². The molecule has 0 saturated carbocycles. The molecule has 0 spiro atoms. The molecule has 19 heavy (non-hydrogen) atoms. The molecule has 1 aromatic heterocycles. The Hall–Kier alpha value is -2.18. The van der Waals surface area contributed by atoms with Crippen molar-refractivity contribution in [3.63, 3.8) is 0 Å². The molecule has 0 aromatic carbocycles. The maximum Gasteiger partial charge on any atom is 0.326 e. The first kappa shape index (κ1) is 14.9. The van der Waals surface area contributed by atoms with Crippen LogP contribution < -0.4 is 10.6 Å². The highest BCUT2D eigenvalue weighted by Gasteiger charge is 2.23. The maximum absolute atomic E-state index is 11.6. The molecule has 1 heterocycles. The van der Waals surface area contributed by atoms with E-state index < -0.39 is 18.0 Å². The van der Waals surface area contributed by atoms with Crippen molar-refractivity contribution in [1.29, 1.82) is 0 Å². The van der Waals surface area contributed by atoms with Gasteiger partial charge in [-0.25, -0.2) is 9.59 Å². The van der Waals surface area contributed by atoms with Crippen molar-refractivity contribution in [1.82, 2.24) is 20.6 Å². The molecule has 0 bridgehead atoms. The van der Waals surface area contributed by atoms with Gasteiger partial charge in [-0.1, -0.05) is 13.8 Å². The molecular formula is C12H18N4O3. The summed E-state index contributed by atoms with van der Waals surface area (Å²) in [7, 11) is 0. The first-order valence-corrected chi connectivity index (χ1v) is 5.95.